The van der Waals surface area contributed by atoms with Gasteiger partial charge in [-0.2, -0.15) is 0 Å². The Morgan fingerprint density at radius 2 is 1.75 bits per heavy atom. The number of H-pyrrole nitrogens is 1. The van der Waals surface area contributed by atoms with Gasteiger partial charge in [-0.25, -0.2) is 4.79 Å². The highest BCUT2D eigenvalue weighted by Gasteiger charge is 2.20. The number of thiophene rings is 1. The van der Waals surface area contributed by atoms with Gasteiger partial charge in [-0.05, 0) is 36.9 Å². The molecule has 0 aliphatic carbocycles. The molecule has 5 heteroatoms. The molecule has 0 aliphatic rings. The van der Waals surface area contributed by atoms with E-state index in [1.807, 2.05) is 73.8 Å². The van der Waals surface area contributed by atoms with E-state index < -0.39 is 5.97 Å². The Hall–Kier alpha value is -3.18. The number of aromatic nitrogens is 1. The molecule has 0 unspecified atom stereocenters. The summed E-state index contributed by atoms with van der Waals surface area (Å²) < 4.78 is 5.37. The Balaban J connectivity index is 1.52. The van der Waals surface area contributed by atoms with Gasteiger partial charge in [-0.1, -0.05) is 48.0 Å². The molecule has 1 N–H and O–H groups in total. The lowest BCUT2D eigenvalue weighted by Crippen LogP contribution is -2.14. The first-order chi connectivity index (χ1) is 13.5. The number of rotatable bonds is 5. The van der Waals surface area contributed by atoms with Gasteiger partial charge >= 0.3 is 5.97 Å². The summed E-state index contributed by atoms with van der Waals surface area (Å²) in [7, 11) is 0. The summed E-state index contributed by atoms with van der Waals surface area (Å²) in [6.07, 6.45) is 0. The van der Waals surface area contributed by atoms with Crippen molar-refractivity contribution in [3.63, 3.8) is 0 Å². The van der Waals surface area contributed by atoms with Crippen LogP contribution in [0.4, 0.5) is 0 Å². The average Bonchev–Trinajstić information content (AvgIpc) is 3.30. The molecule has 140 valence electrons. The lowest BCUT2D eigenvalue weighted by molar-refractivity contribution is 0.0480. The van der Waals surface area contributed by atoms with Crippen molar-refractivity contribution in [3.05, 3.63) is 81.7 Å². The lowest BCUT2D eigenvalue weighted by Gasteiger charge is -2.06. The minimum Gasteiger partial charge on any atom is -0.453 e. The van der Waals surface area contributed by atoms with Crippen molar-refractivity contribution >= 4 is 34.0 Å². The zero-order valence-electron chi connectivity index (χ0n) is 15.6. The van der Waals surface area contributed by atoms with Crippen molar-refractivity contribution in [2.24, 2.45) is 0 Å². The predicted molar refractivity (Wildman–Crippen MR) is 112 cm³/mol. The molecule has 4 rings (SSSR count). The van der Waals surface area contributed by atoms with Crippen LogP contribution in [0.3, 0.4) is 0 Å². The first kappa shape index (κ1) is 18.2. The van der Waals surface area contributed by atoms with Crippen LogP contribution in [0.25, 0.3) is 22.0 Å². The molecule has 4 nitrogen and oxygen atoms in total. The number of nitrogens with one attached hydrogen (secondary N) is 1. The van der Waals surface area contributed by atoms with E-state index in [4.69, 9.17) is 4.74 Å². The van der Waals surface area contributed by atoms with Crippen molar-refractivity contribution < 1.29 is 14.3 Å². The van der Waals surface area contributed by atoms with Crippen molar-refractivity contribution in [2.75, 3.05) is 6.61 Å². The summed E-state index contributed by atoms with van der Waals surface area (Å²) in [4.78, 5) is 29.0. The summed E-state index contributed by atoms with van der Waals surface area (Å²) in [5, 5.41) is 2.70. The van der Waals surface area contributed by atoms with Crippen LogP contribution in [0.5, 0.6) is 0 Å². The van der Waals surface area contributed by atoms with Crippen molar-refractivity contribution in [3.8, 4) is 11.1 Å². The monoisotopic (exact) mass is 389 g/mol. The molecule has 0 spiro atoms. The zero-order valence-corrected chi connectivity index (χ0v) is 16.4. The summed E-state index contributed by atoms with van der Waals surface area (Å²) in [6.45, 7) is 3.58. The Labute approximate surface area is 166 Å². The Kier molecular flexibility index (Phi) is 4.84. The number of fused-ring (bicyclic) bond motifs is 1. The number of hydrogen-bond donors (Lipinski definition) is 1. The highest BCUT2D eigenvalue weighted by atomic mass is 32.1. The van der Waals surface area contributed by atoms with Crippen LogP contribution in [0, 0.1) is 13.8 Å². The lowest BCUT2D eigenvalue weighted by atomic mass is 10.1. The van der Waals surface area contributed by atoms with Gasteiger partial charge in [0.15, 0.2) is 6.61 Å². The van der Waals surface area contributed by atoms with Crippen LogP contribution >= 0.6 is 11.3 Å². The number of benzene rings is 2. The van der Waals surface area contributed by atoms with E-state index in [1.165, 1.54) is 11.3 Å². The largest absolute Gasteiger partial charge is 0.453 e. The van der Waals surface area contributed by atoms with Gasteiger partial charge in [0.05, 0.1) is 0 Å². The van der Waals surface area contributed by atoms with E-state index in [0.29, 0.717) is 10.4 Å². The second-order valence-electron chi connectivity index (χ2n) is 6.70. The van der Waals surface area contributed by atoms with E-state index >= 15 is 0 Å². The topological polar surface area (TPSA) is 59.2 Å². The highest BCUT2D eigenvalue weighted by molar-refractivity contribution is 7.12. The van der Waals surface area contributed by atoms with Gasteiger partial charge < -0.3 is 9.72 Å². The molecule has 2 aromatic heterocycles. The zero-order chi connectivity index (χ0) is 19.7. The summed E-state index contributed by atoms with van der Waals surface area (Å²) >= 11 is 1.32. The van der Waals surface area contributed by atoms with Gasteiger partial charge in [0.2, 0.25) is 5.78 Å². The molecular formula is C23H19NO3S. The van der Waals surface area contributed by atoms with Crippen LogP contribution in [0.15, 0.2) is 60.0 Å². The van der Waals surface area contributed by atoms with Crippen LogP contribution in [-0.2, 0) is 4.74 Å². The molecule has 0 aliphatic heterocycles. The Morgan fingerprint density at radius 3 is 2.54 bits per heavy atom. The van der Waals surface area contributed by atoms with Crippen LogP contribution in [-0.4, -0.2) is 23.3 Å². The number of Topliss-reactive ketones (excluding diaryl/α,β-unsaturated/α-hetero) is 1. The standard InChI is InChI=1S/C23H19NO3S/c1-14-7-9-16(10-8-14)17-11-12-28-22(17)23(26)27-13-20(25)21-15(2)24-19-6-4-3-5-18(19)21/h3-12,24H,13H2,1-2H3. The fourth-order valence-corrected chi connectivity index (χ4v) is 4.14. The third kappa shape index (κ3) is 3.37. The molecule has 2 heterocycles. The number of esters is 1. The van der Waals surface area contributed by atoms with Crippen LogP contribution < -0.4 is 0 Å². The fraction of sp³-hybridized carbons (Fsp3) is 0.130. The number of hydrogen-bond acceptors (Lipinski definition) is 4. The summed E-state index contributed by atoms with van der Waals surface area (Å²) in [5.74, 6) is -0.687. The fourth-order valence-electron chi connectivity index (χ4n) is 3.33. The number of aromatic amines is 1. The normalized spacial score (nSPS) is 10.9. The molecule has 0 saturated carbocycles. The molecule has 0 atom stereocenters. The Bertz CT molecular complexity index is 1170. The molecule has 0 amide bonds. The summed E-state index contributed by atoms with van der Waals surface area (Å²) in [5.41, 5.74) is 5.19. The molecule has 0 bridgehead atoms. The molecule has 0 radical (unpaired) electrons. The average molecular weight is 389 g/mol. The molecular weight excluding hydrogens is 370 g/mol. The third-order valence-electron chi connectivity index (χ3n) is 4.72. The van der Waals surface area contributed by atoms with Crippen LogP contribution in [0.2, 0.25) is 0 Å². The summed E-state index contributed by atoms with van der Waals surface area (Å²) in [6, 6.07) is 17.5. The second kappa shape index (κ2) is 7.44. The van der Waals surface area contributed by atoms with Gasteiger partial charge in [0.25, 0.3) is 0 Å². The van der Waals surface area contributed by atoms with Crippen molar-refractivity contribution in [1.29, 1.82) is 0 Å². The third-order valence-corrected chi connectivity index (χ3v) is 5.61. The smallest absolute Gasteiger partial charge is 0.349 e. The first-order valence-corrected chi connectivity index (χ1v) is 9.84. The SMILES string of the molecule is Cc1ccc(-c2ccsc2C(=O)OCC(=O)c2c(C)[nH]c3ccccc23)cc1. The Morgan fingerprint density at radius 1 is 1.00 bits per heavy atom. The van der Waals surface area contributed by atoms with E-state index in [2.05, 4.69) is 4.98 Å². The number of ketones is 1. The molecule has 2 aromatic carbocycles. The highest BCUT2D eigenvalue weighted by Crippen LogP contribution is 2.29. The van der Waals surface area contributed by atoms with Gasteiger partial charge in [-0.3, -0.25) is 4.79 Å². The van der Waals surface area contributed by atoms with E-state index in [-0.39, 0.29) is 12.4 Å². The number of aryl methyl sites for hydroxylation is 2. The number of carbonyl (C=O) groups excluding carboxylic acids is 2. The maximum atomic E-state index is 12.7. The first-order valence-electron chi connectivity index (χ1n) is 8.97. The van der Waals surface area contributed by atoms with Gasteiger partial charge in [0, 0.05) is 27.7 Å². The minimum atomic E-state index is -0.476. The minimum absolute atomic E-state index is 0.211. The van der Waals surface area contributed by atoms with Crippen molar-refractivity contribution in [2.45, 2.75) is 13.8 Å². The quantitative estimate of drug-likeness (QED) is 0.359. The maximum Gasteiger partial charge on any atom is 0.349 e. The number of carbonyl (C=O) groups is 2. The molecule has 0 saturated heterocycles. The maximum absolute atomic E-state index is 12.7. The molecule has 28 heavy (non-hydrogen) atoms. The molecule has 0 fully saturated rings. The second-order valence-corrected chi connectivity index (χ2v) is 7.62. The van der Waals surface area contributed by atoms with E-state index in [0.717, 1.165) is 33.3 Å². The van der Waals surface area contributed by atoms with Crippen molar-refractivity contribution in [1.82, 2.24) is 4.98 Å². The van der Waals surface area contributed by atoms with Gasteiger partial charge in [-0.15, -0.1) is 11.3 Å². The predicted octanol–water partition coefficient (Wildman–Crippen LogP) is 5.55. The van der Waals surface area contributed by atoms with Crippen LogP contribution in [0.1, 0.15) is 31.3 Å². The van der Waals surface area contributed by atoms with Gasteiger partial charge in [0.1, 0.15) is 4.88 Å². The number of ether oxygens (including phenoxy) is 1. The van der Waals surface area contributed by atoms with E-state index in [9.17, 15) is 9.59 Å². The molecule has 4 aromatic rings. The number of para-hydroxylation sites is 1. The van der Waals surface area contributed by atoms with E-state index in [1.54, 1.807) is 0 Å².